The van der Waals surface area contributed by atoms with E-state index in [4.69, 9.17) is 10.5 Å². The Bertz CT molecular complexity index is 707. The molecule has 4 N–H and O–H groups in total. The molecule has 0 spiro atoms. The summed E-state index contributed by atoms with van der Waals surface area (Å²) >= 11 is 6.76. The first-order valence-corrected chi connectivity index (χ1v) is 7.30. The Morgan fingerprint density at radius 1 is 1.33 bits per heavy atom. The van der Waals surface area contributed by atoms with Gasteiger partial charge in [0.2, 0.25) is 0 Å². The first-order valence-electron chi connectivity index (χ1n) is 5.71. The minimum absolute atomic E-state index is 0.0104. The Labute approximate surface area is 137 Å². The number of benzene rings is 1. The molecule has 0 radical (unpaired) electrons. The third-order valence-electron chi connectivity index (χ3n) is 2.63. The molecule has 0 fully saturated rings. The zero-order chi connectivity index (χ0) is 15.6. The summed E-state index contributed by atoms with van der Waals surface area (Å²) in [6.45, 7) is 0. The fourth-order valence-electron chi connectivity index (χ4n) is 1.65. The van der Waals surface area contributed by atoms with Gasteiger partial charge in [0.15, 0.2) is 0 Å². The maximum atomic E-state index is 11.2. The van der Waals surface area contributed by atoms with Crippen LogP contribution in [-0.4, -0.2) is 23.2 Å². The second-order valence-electron chi connectivity index (χ2n) is 4.06. The fourth-order valence-corrected chi connectivity index (χ4v) is 2.91. The summed E-state index contributed by atoms with van der Waals surface area (Å²) in [7, 11) is 1.54. The van der Waals surface area contributed by atoms with Crippen molar-refractivity contribution >= 4 is 55.0 Å². The summed E-state index contributed by atoms with van der Waals surface area (Å²) in [6, 6.07) is 4.86. The number of aromatic carboxylic acids is 1. The number of rotatable bonds is 4. The molecule has 2 rings (SSSR count). The van der Waals surface area contributed by atoms with Crippen LogP contribution < -0.4 is 15.8 Å². The van der Waals surface area contributed by atoms with Crippen LogP contribution in [0.15, 0.2) is 33.3 Å². The standard InChI is InChI=1S/C13H11Br2N3O3/c1-21-11-4-10(8(14)3-9(11)15)18-12-7(13(19)20)2-6(16)5-17-12/h2-5H,16H2,1H3,(H,17,18)(H,19,20). The van der Waals surface area contributed by atoms with Crippen molar-refractivity contribution in [3.63, 3.8) is 0 Å². The van der Waals surface area contributed by atoms with E-state index < -0.39 is 5.97 Å². The molecule has 0 aliphatic rings. The van der Waals surface area contributed by atoms with E-state index >= 15 is 0 Å². The van der Waals surface area contributed by atoms with Crippen molar-refractivity contribution in [2.45, 2.75) is 0 Å². The van der Waals surface area contributed by atoms with Crippen molar-refractivity contribution in [1.29, 1.82) is 0 Å². The number of hydrogen-bond donors (Lipinski definition) is 3. The van der Waals surface area contributed by atoms with E-state index in [2.05, 4.69) is 42.2 Å². The van der Waals surface area contributed by atoms with Crippen molar-refractivity contribution in [2.24, 2.45) is 0 Å². The van der Waals surface area contributed by atoms with Crippen molar-refractivity contribution in [1.82, 2.24) is 4.98 Å². The molecular weight excluding hydrogens is 406 g/mol. The molecule has 21 heavy (non-hydrogen) atoms. The normalized spacial score (nSPS) is 10.2. The molecule has 0 bridgehead atoms. The lowest BCUT2D eigenvalue weighted by Gasteiger charge is -2.13. The predicted molar refractivity (Wildman–Crippen MR) is 87.3 cm³/mol. The molecule has 2 aromatic rings. The van der Waals surface area contributed by atoms with Crippen LogP contribution in [0.2, 0.25) is 0 Å². The second-order valence-corrected chi connectivity index (χ2v) is 5.77. The zero-order valence-corrected chi connectivity index (χ0v) is 14.0. The molecule has 1 heterocycles. The Balaban J connectivity index is 2.45. The van der Waals surface area contributed by atoms with Crippen LogP contribution in [-0.2, 0) is 0 Å². The number of methoxy groups -OCH3 is 1. The molecule has 110 valence electrons. The number of carbonyl (C=O) groups is 1. The smallest absolute Gasteiger partial charge is 0.339 e. The Hall–Kier alpha value is -1.80. The van der Waals surface area contributed by atoms with E-state index in [1.807, 2.05) is 0 Å². The van der Waals surface area contributed by atoms with Gasteiger partial charge >= 0.3 is 5.97 Å². The second kappa shape index (κ2) is 6.31. The summed E-state index contributed by atoms with van der Waals surface area (Å²) in [5, 5.41) is 12.2. The van der Waals surface area contributed by atoms with Crippen LogP contribution in [0.4, 0.5) is 17.2 Å². The first kappa shape index (κ1) is 15.6. The van der Waals surface area contributed by atoms with E-state index in [0.717, 1.165) is 8.95 Å². The highest BCUT2D eigenvalue weighted by Gasteiger charge is 2.14. The molecule has 6 nitrogen and oxygen atoms in total. The van der Waals surface area contributed by atoms with Gasteiger partial charge in [-0.1, -0.05) is 0 Å². The van der Waals surface area contributed by atoms with E-state index in [0.29, 0.717) is 11.4 Å². The highest BCUT2D eigenvalue weighted by Crippen LogP contribution is 2.36. The first-order chi connectivity index (χ1) is 9.92. The van der Waals surface area contributed by atoms with Gasteiger partial charge in [0.25, 0.3) is 0 Å². The van der Waals surface area contributed by atoms with Gasteiger partial charge in [-0.2, -0.15) is 0 Å². The Morgan fingerprint density at radius 3 is 2.67 bits per heavy atom. The number of halogens is 2. The number of hydrogen-bond acceptors (Lipinski definition) is 5. The van der Waals surface area contributed by atoms with Crippen LogP contribution in [0.5, 0.6) is 5.75 Å². The number of aromatic nitrogens is 1. The zero-order valence-electron chi connectivity index (χ0n) is 10.9. The average molecular weight is 417 g/mol. The SMILES string of the molecule is COc1cc(Nc2ncc(N)cc2C(=O)O)c(Br)cc1Br. The maximum absolute atomic E-state index is 11.2. The number of carboxylic acids is 1. The number of ether oxygens (including phenoxy) is 1. The van der Waals surface area contributed by atoms with Gasteiger partial charge in [0.1, 0.15) is 17.1 Å². The molecule has 0 aliphatic heterocycles. The molecule has 0 unspecified atom stereocenters. The van der Waals surface area contributed by atoms with Crippen LogP contribution in [0.25, 0.3) is 0 Å². The van der Waals surface area contributed by atoms with E-state index in [-0.39, 0.29) is 17.1 Å². The lowest BCUT2D eigenvalue weighted by Crippen LogP contribution is -2.06. The number of anilines is 3. The van der Waals surface area contributed by atoms with Crippen LogP contribution >= 0.6 is 31.9 Å². The van der Waals surface area contributed by atoms with Crippen LogP contribution in [0.3, 0.4) is 0 Å². The highest BCUT2D eigenvalue weighted by molar-refractivity contribution is 9.11. The summed E-state index contributed by atoms with van der Waals surface area (Å²) in [5.41, 5.74) is 6.46. The monoisotopic (exact) mass is 415 g/mol. The third-order valence-corrected chi connectivity index (χ3v) is 3.91. The van der Waals surface area contributed by atoms with Gasteiger partial charge in [-0.25, -0.2) is 9.78 Å². The number of nitrogens with one attached hydrogen (secondary N) is 1. The Kier molecular flexibility index (Phi) is 4.69. The van der Waals surface area contributed by atoms with Crippen molar-refractivity contribution in [2.75, 3.05) is 18.2 Å². The van der Waals surface area contributed by atoms with Gasteiger partial charge in [-0.05, 0) is 44.0 Å². The number of pyridine rings is 1. The topological polar surface area (TPSA) is 97.5 Å². The molecule has 8 heteroatoms. The molecule has 0 saturated heterocycles. The summed E-state index contributed by atoms with van der Waals surface area (Å²) in [5.74, 6) is -0.313. The van der Waals surface area contributed by atoms with Crippen molar-refractivity contribution < 1.29 is 14.6 Å². The largest absolute Gasteiger partial charge is 0.495 e. The van der Waals surface area contributed by atoms with Gasteiger partial charge in [0.05, 0.1) is 29.2 Å². The highest BCUT2D eigenvalue weighted by atomic mass is 79.9. The summed E-state index contributed by atoms with van der Waals surface area (Å²) in [6.07, 6.45) is 1.39. The fraction of sp³-hybridized carbons (Fsp3) is 0.0769. The predicted octanol–water partition coefficient (Wildman–Crippen LogP) is 3.64. The van der Waals surface area contributed by atoms with Gasteiger partial charge in [0, 0.05) is 10.5 Å². The lowest BCUT2D eigenvalue weighted by molar-refractivity contribution is 0.0697. The van der Waals surface area contributed by atoms with Crippen LogP contribution in [0.1, 0.15) is 10.4 Å². The molecule has 0 saturated carbocycles. The van der Waals surface area contributed by atoms with Crippen molar-refractivity contribution in [3.05, 3.63) is 38.9 Å². The summed E-state index contributed by atoms with van der Waals surface area (Å²) in [4.78, 5) is 15.3. The molecule has 0 atom stereocenters. The third kappa shape index (κ3) is 3.45. The molecule has 1 aromatic carbocycles. The minimum atomic E-state index is -1.11. The van der Waals surface area contributed by atoms with E-state index in [1.165, 1.54) is 12.3 Å². The number of nitrogen functional groups attached to an aromatic ring is 1. The van der Waals surface area contributed by atoms with E-state index in [9.17, 15) is 9.90 Å². The molecule has 0 aliphatic carbocycles. The van der Waals surface area contributed by atoms with Gasteiger partial charge in [-0.15, -0.1) is 0 Å². The number of nitrogens with zero attached hydrogens (tertiary/aromatic N) is 1. The van der Waals surface area contributed by atoms with E-state index in [1.54, 1.807) is 19.2 Å². The van der Waals surface area contributed by atoms with Gasteiger partial charge < -0.3 is 20.9 Å². The lowest BCUT2D eigenvalue weighted by atomic mass is 10.2. The number of carboxylic acid groups (broad SMARTS) is 1. The van der Waals surface area contributed by atoms with Crippen LogP contribution in [0, 0.1) is 0 Å². The summed E-state index contributed by atoms with van der Waals surface area (Å²) < 4.78 is 6.71. The quantitative estimate of drug-likeness (QED) is 0.703. The maximum Gasteiger partial charge on any atom is 0.339 e. The molecular formula is C13H11Br2N3O3. The average Bonchev–Trinajstić information content (AvgIpc) is 2.43. The number of nitrogens with two attached hydrogens (primary N) is 1. The minimum Gasteiger partial charge on any atom is -0.495 e. The molecule has 1 aromatic heterocycles. The molecule has 0 amide bonds. The van der Waals surface area contributed by atoms with Crippen molar-refractivity contribution in [3.8, 4) is 5.75 Å². The van der Waals surface area contributed by atoms with Gasteiger partial charge in [-0.3, -0.25) is 0 Å². The Morgan fingerprint density at radius 2 is 2.05 bits per heavy atom.